The minimum absolute atomic E-state index is 0.00517. The van der Waals surface area contributed by atoms with Crippen LogP contribution < -0.4 is 14.8 Å². The number of nitrogens with one attached hydrogen (secondary N) is 1. The lowest BCUT2D eigenvalue weighted by atomic mass is 10.1. The van der Waals surface area contributed by atoms with E-state index < -0.39 is 5.82 Å². The number of fused-ring (bicyclic) bond motifs is 1. The van der Waals surface area contributed by atoms with Gasteiger partial charge >= 0.3 is 6.01 Å². The van der Waals surface area contributed by atoms with Crippen LogP contribution in [0.15, 0.2) is 36.4 Å². The normalized spacial score (nSPS) is 20.8. The van der Waals surface area contributed by atoms with Gasteiger partial charge < -0.3 is 24.8 Å². The molecule has 2 N–H and O–H groups in total. The highest BCUT2D eigenvalue weighted by Crippen LogP contribution is 2.32. The van der Waals surface area contributed by atoms with Gasteiger partial charge in [-0.25, -0.2) is 4.39 Å². The number of piperidine rings is 1. The van der Waals surface area contributed by atoms with E-state index in [0.717, 1.165) is 0 Å². The van der Waals surface area contributed by atoms with Gasteiger partial charge in [0.15, 0.2) is 5.82 Å². The Bertz CT molecular complexity index is 1300. The Kier molecular flexibility index (Phi) is 7.32. The lowest BCUT2D eigenvalue weighted by molar-refractivity contribution is -0.137. The summed E-state index contributed by atoms with van der Waals surface area (Å²) in [5, 5.41) is 13.4. The van der Waals surface area contributed by atoms with Crippen LogP contribution in [0.3, 0.4) is 0 Å². The van der Waals surface area contributed by atoms with E-state index >= 15 is 0 Å². The van der Waals surface area contributed by atoms with E-state index in [9.17, 15) is 14.3 Å². The van der Waals surface area contributed by atoms with Gasteiger partial charge in [0.2, 0.25) is 5.91 Å². The predicted octanol–water partition coefficient (Wildman–Crippen LogP) is 3.61. The van der Waals surface area contributed by atoms with Crippen molar-refractivity contribution in [3.63, 3.8) is 0 Å². The number of likely N-dealkylation sites (N-methyl/N-ethyl adjacent to an activating group) is 1. The Morgan fingerprint density at radius 3 is 2.76 bits per heavy atom. The van der Waals surface area contributed by atoms with E-state index in [2.05, 4.69) is 15.3 Å². The first-order valence-corrected chi connectivity index (χ1v) is 12.6. The zero-order chi connectivity index (χ0) is 26.1. The molecule has 2 atom stereocenters. The number of aliphatic hydroxyl groups is 1. The first-order chi connectivity index (χ1) is 17.8. The number of rotatable bonds is 6. The van der Waals surface area contributed by atoms with Gasteiger partial charge in [0.1, 0.15) is 17.7 Å². The van der Waals surface area contributed by atoms with Crippen LogP contribution in [0.2, 0.25) is 5.02 Å². The molecule has 196 valence electrons. The van der Waals surface area contributed by atoms with Crippen molar-refractivity contribution >= 4 is 39.9 Å². The number of benzene rings is 2. The van der Waals surface area contributed by atoms with Crippen molar-refractivity contribution in [2.24, 2.45) is 0 Å². The van der Waals surface area contributed by atoms with Crippen molar-refractivity contribution in [2.45, 2.75) is 37.5 Å². The summed E-state index contributed by atoms with van der Waals surface area (Å²) in [7, 11) is 3.46. The molecule has 9 nitrogen and oxygen atoms in total. The second kappa shape index (κ2) is 10.6. The number of carbonyl (C=O) groups is 1. The van der Waals surface area contributed by atoms with Crippen LogP contribution in [-0.2, 0) is 4.79 Å². The van der Waals surface area contributed by atoms with Gasteiger partial charge in [0.05, 0.1) is 35.5 Å². The van der Waals surface area contributed by atoms with Crippen LogP contribution in [0.1, 0.15) is 19.3 Å². The minimum atomic E-state index is -0.587. The van der Waals surface area contributed by atoms with Gasteiger partial charge in [-0.3, -0.25) is 9.69 Å². The quantitative estimate of drug-likeness (QED) is 0.499. The molecule has 0 spiro atoms. The highest BCUT2D eigenvalue weighted by Gasteiger charge is 2.39. The molecule has 0 aliphatic carbocycles. The summed E-state index contributed by atoms with van der Waals surface area (Å²) in [5.74, 6) is 0.420. The number of carbonyl (C=O) groups excluding carboxylic acids is 1. The third kappa shape index (κ3) is 5.41. The zero-order valence-electron chi connectivity index (χ0n) is 20.7. The highest BCUT2D eigenvalue weighted by molar-refractivity contribution is 6.31. The van der Waals surface area contributed by atoms with E-state index in [-0.39, 0.29) is 40.9 Å². The summed E-state index contributed by atoms with van der Waals surface area (Å²) < 4.78 is 26.1. The molecule has 1 amide bonds. The first kappa shape index (κ1) is 25.4. The molecule has 3 heterocycles. The average Bonchev–Trinajstić information content (AvgIpc) is 3.26. The maximum absolute atomic E-state index is 14.6. The van der Waals surface area contributed by atoms with E-state index in [0.29, 0.717) is 61.4 Å². The van der Waals surface area contributed by atoms with Crippen LogP contribution in [0.4, 0.5) is 15.9 Å². The molecule has 5 rings (SSSR count). The maximum atomic E-state index is 14.6. The highest BCUT2D eigenvalue weighted by atomic mass is 35.5. The summed E-state index contributed by atoms with van der Waals surface area (Å²) in [6, 6.07) is 9.79. The van der Waals surface area contributed by atoms with E-state index in [1.165, 1.54) is 6.07 Å². The lowest BCUT2D eigenvalue weighted by Crippen LogP contribution is -2.48. The third-order valence-electron chi connectivity index (χ3n) is 6.93. The van der Waals surface area contributed by atoms with E-state index in [1.807, 2.05) is 16.8 Å². The Morgan fingerprint density at radius 2 is 2.00 bits per heavy atom. The molecule has 0 saturated carbocycles. The molecule has 37 heavy (non-hydrogen) atoms. The van der Waals surface area contributed by atoms with Gasteiger partial charge in [-0.2, -0.15) is 9.97 Å². The Balaban J connectivity index is 1.39. The predicted molar refractivity (Wildman–Crippen MR) is 138 cm³/mol. The number of hydrogen-bond acceptors (Lipinski definition) is 8. The van der Waals surface area contributed by atoms with Crippen LogP contribution in [0, 0.1) is 5.82 Å². The van der Waals surface area contributed by atoms with Crippen molar-refractivity contribution in [1.29, 1.82) is 0 Å². The maximum Gasteiger partial charge on any atom is 0.319 e. The molecule has 2 aliphatic rings. The van der Waals surface area contributed by atoms with Crippen LogP contribution in [0.25, 0.3) is 10.9 Å². The molecule has 2 aliphatic heterocycles. The average molecular weight is 530 g/mol. The molecule has 1 aromatic heterocycles. The number of hydrogen-bond donors (Lipinski definition) is 2. The largest absolute Gasteiger partial charge is 0.497 e. The summed E-state index contributed by atoms with van der Waals surface area (Å²) >= 11 is 5.96. The van der Waals surface area contributed by atoms with Gasteiger partial charge in [0, 0.05) is 37.5 Å². The van der Waals surface area contributed by atoms with Crippen LogP contribution in [-0.4, -0.2) is 82.8 Å². The fourth-order valence-electron chi connectivity index (χ4n) is 4.86. The van der Waals surface area contributed by atoms with Crippen molar-refractivity contribution in [3.05, 3.63) is 47.2 Å². The number of aromatic nitrogens is 2. The molecular formula is C26H29ClFN5O4. The SMILES string of the molecule is COc1ccc2c(Nc3cccc(Cl)c3F)nc(O[C@@H]3C[C@@H](C(=O)N4CCC(O)CC4)N(C)C3)nc2c1. The number of amides is 1. The van der Waals surface area contributed by atoms with Crippen LogP contribution in [0.5, 0.6) is 11.8 Å². The number of ether oxygens (including phenoxy) is 2. The van der Waals surface area contributed by atoms with Gasteiger partial charge in [-0.1, -0.05) is 17.7 Å². The van der Waals surface area contributed by atoms with Crippen molar-refractivity contribution in [1.82, 2.24) is 19.8 Å². The molecule has 0 unspecified atom stereocenters. The monoisotopic (exact) mass is 529 g/mol. The second-order valence-corrected chi connectivity index (χ2v) is 9.86. The molecule has 0 radical (unpaired) electrons. The molecule has 0 bridgehead atoms. The second-order valence-electron chi connectivity index (χ2n) is 9.45. The van der Waals surface area contributed by atoms with Gasteiger partial charge in [0.25, 0.3) is 0 Å². The molecule has 11 heteroatoms. The summed E-state index contributed by atoms with van der Waals surface area (Å²) in [6.45, 7) is 1.64. The fraction of sp³-hybridized carbons (Fsp3) is 0.423. The van der Waals surface area contributed by atoms with Crippen molar-refractivity contribution in [2.75, 3.05) is 39.1 Å². The third-order valence-corrected chi connectivity index (χ3v) is 7.22. The van der Waals surface area contributed by atoms with E-state index in [1.54, 1.807) is 37.4 Å². The van der Waals surface area contributed by atoms with E-state index in [4.69, 9.17) is 21.1 Å². The molecule has 3 aromatic rings. The molecule has 2 saturated heterocycles. The molecule has 2 fully saturated rings. The minimum Gasteiger partial charge on any atom is -0.497 e. The standard InChI is InChI=1S/C26H29ClFN5O4/c1-32-14-17(13-22(32)25(35)33-10-8-15(34)9-11-33)37-26-30-21-12-16(36-2)6-7-18(21)24(31-26)29-20-5-3-4-19(27)23(20)28/h3-7,12,15,17,22,34H,8-11,13-14H2,1-2H3,(H,29,30,31)/t17-,22+/m1/s1. The Morgan fingerprint density at radius 1 is 1.22 bits per heavy atom. The summed E-state index contributed by atoms with van der Waals surface area (Å²) in [6.07, 6.45) is 1.03. The zero-order valence-corrected chi connectivity index (χ0v) is 21.4. The Hall–Kier alpha value is -3.21. The topological polar surface area (TPSA) is 100 Å². The molecule has 2 aromatic carbocycles. The Labute approximate surface area is 219 Å². The number of likely N-dealkylation sites (tertiary alicyclic amines) is 2. The van der Waals surface area contributed by atoms with Crippen molar-refractivity contribution in [3.8, 4) is 11.8 Å². The molecular weight excluding hydrogens is 501 g/mol. The lowest BCUT2D eigenvalue weighted by Gasteiger charge is -2.33. The van der Waals surface area contributed by atoms with Gasteiger partial charge in [-0.15, -0.1) is 0 Å². The fourth-order valence-corrected chi connectivity index (χ4v) is 5.04. The summed E-state index contributed by atoms with van der Waals surface area (Å²) in [5.41, 5.74) is 0.729. The first-order valence-electron chi connectivity index (χ1n) is 12.2. The number of nitrogens with zero attached hydrogens (tertiary/aromatic N) is 4. The number of aliphatic hydroxyl groups excluding tert-OH is 1. The van der Waals surface area contributed by atoms with Crippen LogP contribution >= 0.6 is 11.6 Å². The number of anilines is 2. The number of methoxy groups -OCH3 is 1. The smallest absolute Gasteiger partial charge is 0.319 e. The summed E-state index contributed by atoms with van der Waals surface area (Å²) in [4.78, 5) is 26.0. The van der Waals surface area contributed by atoms with Gasteiger partial charge in [-0.05, 0) is 44.2 Å². The van der Waals surface area contributed by atoms with Crippen molar-refractivity contribution < 1.29 is 23.8 Å². The number of halogens is 2.